The Morgan fingerprint density at radius 2 is 2.20 bits per heavy atom. The van der Waals surface area contributed by atoms with Crippen LogP contribution in [0.25, 0.3) is 0 Å². The molecule has 0 unspecified atom stereocenters. The third kappa shape index (κ3) is 3.54. The predicted molar refractivity (Wildman–Crippen MR) is 87.7 cm³/mol. The van der Waals surface area contributed by atoms with Crippen molar-refractivity contribution in [3.63, 3.8) is 0 Å². The van der Waals surface area contributed by atoms with Crippen molar-refractivity contribution >= 4 is 28.6 Å². The van der Waals surface area contributed by atoms with E-state index >= 15 is 0 Å². The molecule has 0 saturated heterocycles. The van der Waals surface area contributed by atoms with Crippen LogP contribution in [0.4, 0.5) is 5.69 Å². The Bertz CT molecular complexity index is 564. The second-order valence-electron chi connectivity index (χ2n) is 5.38. The topological polar surface area (TPSA) is 15.3 Å². The number of anilines is 1. The van der Waals surface area contributed by atoms with Gasteiger partial charge in [0, 0.05) is 24.5 Å². The van der Waals surface area contributed by atoms with Crippen molar-refractivity contribution in [2.45, 2.75) is 32.0 Å². The zero-order valence-electron chi connectivity index (χ0n) is 11.6. The van der Waals surface area contributed by atoms with Gasteiger partial charge in [0.1, 0.15) is 0 Å². The first-order valence-electron chi connectivity index (χ1n) is 6.98. The number of benzene rings is 1. The van der Waals surface area contributed by atoms with E-state index in [0.29, 0.717) is 0 Å². The summed E-state index contributed by atoms with van der Waals surface area (Å²) in [5.41, 5.74) is 2.35. The number of halogens is 1. The quantitative estimate of drug-likeness (QED) is 0.856. The minimum atomic E-state index is 0.731. The zero-order valence-corrected chi connectivity index (χ0v) is 13.2. The molecule has 0 bridgehead atoms. The van der Waals surface area contributed by atoms with E-state index in [4.69, 9.17) is 11.6 Å². The summed E-state index contributed by atoms with van der Waals surface area (Å²) in [5.74, 6) is 0. The number of nitrogens with zero attached hydrogens (tertiary/aromatic N) is 1. The fraction of sp³-hybridized carbons (Fsp3) is 0.375. The Morgan fingerprint density at radius 1 is 1.35 bits per heavy atom. The first-order valence-corrected chi connectivity index (χ1v) is 8.23. The maximum atomic E-state index is 6.43. The van der Waals surface area contributed by atoms with Crippen molar-refractivity contribution in [2.24, 2.45) is 0 Å². The van der Waals surface area contributed by atoms with Gasteiger partial charge in [-0.2, -0.15) is 0 Å². The maximum absolute atomic E-state index is 6.43. The molecule has 1 aliphatic rings. The average Bonchev–Trinajstić information content (AvgIpc) is 3.13. The Balaban J connectivity index is 1.66. The number of hydrogen-bond acceptors (Lipinski definition) is 3. The van der Waals surface area contributed by atoms with Crippen molar-refractivity contribution in [1.82, 2.24) is 5.32 Å². The molecule has 4 heteroatoms. The van der Waals surface area contributed by atoms with Crippen LogP contribution in [0.2, 0.25) is 5.02 Å². The smallest absolute Gasteiger partial charge is 0.0642 e. The number of nitrogens with one attached hydrogen (secondary N) is 1. The van der Waals surface area contributed by atoms with Crippen molar-refractivity contribution in [1.29, 1.82) is 0 Å². The van der Waals surface area contributed by atoms with Gasteiger partial charge in [-0.05, 0) is 42.0 Å². The Morgan fingerprint density at radius 3 is 2.85 bits per heavy atom. The normalized spacial score (nSPS) is 14.5. The molecule has 0 amide bonds. The number of thiophene rings is 1. The fourth-order valence-corrected chi connectivity index (χ4v) is 3.35. The molecule has 0 aliphatic heterocycles. The van der Waals surface area contributed by atoms with E-state index in [1.165, 1.54) is 23.3 Å². The molecule has 2 aromatic rings. The molecule has 0 spiro atoms. The molecule has 0 radical (unpaired) electrons. The molecule has 1 heterocycles. The molecule has 1 aromatic carbocycles. The van der Waals surface area contributed by atoms with E-state index < -0.39 is 0 Å². The van der Waals surface area contributed by atoms with Crippen LogP contribution in [0.5, 0.6) is 0 Å². The fourth-order valence-electron chi connectivity index (χ4n) is 2.24. The van der Waals surface area contributed by atoms with Gasteiger partial charge in [0.25, 0.3) is 0 Å². The molecular weight excluding hydrogens is 288 g/mol. The third-order valence-corrected chi connectivity index (χ3v) is 4.73. The SMILES string of the molecule is CN(Cc1cccs1)c1ccc(CNC2CC2)cc1Cl. The minimum absolute atomic E-state index is 0.731. The monoisotopic (exact) mass is 306 g/mol. The van der Waals surface area contributed by atoms with E-state index in [1.54, 1.807) is 11.3 Å². The highest BCUT2D eigenvalue weighted by molar-refractivity contribution is 7.09. The summed E-state index contributed by atoms with van der Waals surface area (Å²) in [4.78, 5) is 3.55. The third-order valence-electron chi connectivity index (χ3n) is 3.57. The summed E-state index contributed by atoms with van der Waals surface area (Å²) in [6.07, 6.45) is 2.63. The van der Waals surface area contributed by atoms with Crippen LogP contribution in [0.3, 0.4) is 0 Å². The molecule has 1 fully saturated rings. The molecule has 1 aliphatic carbocycles. The summed E-state index contributed by atoms with van der Waals surface area (Å²) >= 11 is 8.21. The molecule has 20 heavy (non-hydrogen) atoms. The Kier molecular flexibility index (Phi) is 4.29. The van der Waals surface area contributed by atoms with Gasteiger partial charge < -0.3 is 10.2 Å². The summed E-state index contributed by atoms with van der Waals surface area (Å²) in [7, 11) is 2.09. The van der Waals surface area contributed by atoms with E-state index in [1.807, 2.05) is 0 Å². The highest BCUT2D eigenvalue weighted by Gasteiger charge is 2.20. The summed E-state index contributed by atoms with van der Waals surface area (Å²) < 4.78 is 0. The highest BCUT2D eigenvalue weighted by atomic mass is 35.5. The van der Waals surface area contributed by atoms with Crippen LogP contribution in [0.15, 0.2) is 35.7 Å². The van der Waals surface area contributed by atoms with Crippen LogP contribution in [0.1, 0.15) is 23.3 Å². The van der Waals surface area contributed by atoms with Gasteiger partial charge in [0.2, 0.25) is 0 Å². The maximum Gasteiger partial charge on any atom is 0.0642 e. The minimum Gasteiger partial charge on any atom is -0.368 e. The number of hydrogen-bond donors (Lipinski definition) is 1. The molecule has 3 rings (SSSR count). The van der Waals surface area contributed by atoms with Crippen LogP contribution < -0.4 is 10.2 Å². The van der Waals surface area contributed by atoms with Gasteiger partial charge in [-0.25, -0.2) is 0 Å². The molecule has 106 valence electrons. The van der Waals surface area contributed by atoms with Crippen molar-refractivity contribution in [2.75, 3.05) is 11.9 Å². The van der Waals surface area contributed by atoms with E-state index in [2.05, 4.69) is 53.0 Å². The number of rotatable bonds is 6. The Hall–Kier alpha value is -1.03. The summed E-state index contributed by atoms with van der Waals surface area (Å²) in [6, 6.07) is 11.3. The van der Waals surface area contributed by atoms with Crippen molar-refractivity contribution in [3.8, 4) is 0 Å². The standard InChI is InChI=1S/C16H19ClN2S/c1-19(11-14-3-2-8-20-14)16-7-4-12(9-15(16)17)10-18-13-5-6-13/h2-4,7-9,13,18H,5-6,10-11H2,1H3. The lowest BCUT2D eigenvalue weighted by molar-refractivity contribution is 0.688. The average molecular weight is 307 g/mol. The van der Waals surface area contributed by atoms with Crippen LogP contribution in [-0.4, -0.2) is 13.1 Å². The van der Waals surface area contributed by atoms with Crippen molar-refractivity contribution < 1.29 is 0 Å². The molecular formula is C16H19ClN2S. The molecule has 1 aromatic heterocycles. The summed E-state index contributed by atoms with van der Waals surface area (Å²) in [5, 5.41) is 6.46. The van der Waals surface area contributed by atoms with Gasteiger partial charge in [0.05, 0.1) is 17.3 Å². The van der Waals surface area contributed by atoms with Gasteiger partial charge in [0.15, 0.2) is 0 Å². The molecule has 0 atom stereocenters. The van der Waals surface area contributed by atoms with Gasteiger partial charge >= 0.3 is 0 Å². The van der Waals surface area contributed by atoms with Crippen LogP contribution in [0, 0.1) is 0 Å². The van der Waals surface area contributed by atoms with E-state index in [0.717, 1.165) is 29.8 Å². The summed E-state index contributed by atoms with van der Waals surface area (Å²) in [6.45, 7) is 1.82. The largest absolute Gasteiger partial charge is 0.368 e. The van der Waals surface area contributed by atoms with Crippen LogP contribution in [-0.2, 0) is 13.1 Å². The highest BCUT2D eigenvalue weighted by Crippen LogP contribution is 2.28. The van der Waals surface area contributed by atoms with Gasteiger partial charge in [-0.15, -0.1) is 11.3 Å². The predicted octanol–water partition coefficient (Wildman–Crippen LogP) is 4.29. The first kappa shape index (κ1) is 13.9. The second kappa shape index (κ2) is 6.17. The first-order chi connectivity index (χ1) is 9.72. The lowest BCUT2D eigenvalue weighted by Gasteiger charge is -2.20. The van der Waals surface area contributed by atoms with Gasteiger partial charge in [-0.1, -0.05) is 23.7 Å². The Labute approximate surface area is 129 Å². The second-order valence-corrected chi connectivity index (χ2v) is 6.82. The van der Waals surface area contributed by atoms with Crippen molar-refractivity contribution in [3.05, 3.63) is 51.2 Å². The van der Waals surface area contributed by atoms with Crippen LogP contribution >= 0.6 is 22.9 Å². The molecule has 2 nitrogen and oxygen atoms in total. The lowest BCUT2D eigenvalue weighted by atomic mass is 10.2. The lowest BCUT2D eigenvalue weighted by Crippen LogP contribution is -2.17. The molecule has 1 N–H and O–H groups in total. The van der Waals surface area contributed by atoms with E-state index in [9.17, 15) is 0 Å². The van der Waals surface area contributed by atoms with Gasteiger partial charge in [-0.3, -0.25) is 0 Å². The van der Waals surface area contributed by atoms with E-state index in [-0.39, 0.29) is 0 Å². The zero-order chi connectivity index (χ0) is 13.9. The molecule has 1 saturated carbocycles.